The Morgan fingerprint density at radius 2 is 1.41 bits per heavy atom. The van der Waals surface area contributed by atoms with Crippen LogP contribution in [0.3, 0.4) is 0 Å². The highest BCUT2D eigenvalue weighted by atomic mass is 32.2. The fourth-order valence-corrected chi connectivity index (χ4v) is 5.79. The van der Waals surface area contributed by atoms with Crippen LogP contribution in [0.1, 0.15) is 123 Å². The van der Waals surface area contributed by atoms with E-state index < -0.39 is 5.97 Å². The highest BCUT2D eigenvalue weighted by Crippen LogP contribution is 2.26. The number of hydrogen-bond donors (Lipinski definition) is 1. The van der Waals surface area contributed by atoms with Crippen molar-refractivity contribution >= 4 is 28.9 Å². The number of carbonyl (C=O) groups is 3. The van der Waals surface area contributed by atoms with E-state index in [1.165, 1.54) is 56.7 Å². The van der Waals surface area contributed by atoms with Gasteiger partial charge in [0, 0.05) is 31.2 Å². The van der Waals surface area contributed by atoms with Crippen molar-refractivity contribution in [1.29, 1.82) is 0 Å². The van der Waals surface area contributed by atoms with Crippen LogP contribution in [-0.2, 0) is 14.3 Å². The topological polar surface area (TPSA) is 87.1 Å². The van der Waals surface area contributed by atoms with Gasteiger partial charge in [0.2, 0.25) is 0 Å². The van der Waals surface area contributed by atoms with E-state index in [1.807, 2.05) is 0 Å². The molecule has 0 radical (unpaired) electrons. The maximum atomic E-state index is 13.0. The summed E-state index contributed by atoms with van der Waals surface area (Å²) in [4.78, 5) is 40.7. The summed E-state index contributed by atoms with van der Waals surface area (Å²) in [6, 6.07) is 0. The van der Waals surface area contributed by atoms with E-state index in [0.29, 0.717) is 37.6 Å². The molecule has 0 aromatic carbocycles. The van der Waals surface area contributed by atoms with Crippen LogP contribution in [0.15, 0.2) is 0 Å². The number of likely N-dealkylation sites (tertiary alicyclic amines) is 1. The zero-order chi connectivity index (χ0) is 27.3. The van der Waals surface area contributed by atoms with Gasteiger partial charge in [0.25, 0.3) is 5.24 Å². The number of esters is 1. The highest BCUT2D eigenvalue weighted by molar-refractivity contribution is 8.14. The Morgan fingerprint density at radius 1 is 0.865 bits per heavy atom. The number of aliphatic carboxylic acids is 1. The molecule has 1 aliphatic heterocycles. The largest absolute Gasteiger partial charge is 0.481 e. The minimum atomic E-state index is -0.848. The summed E-state index contributed by atoms with van der Waals surface area (Å²) >= 11 is 1.38. The molecule has 1 atom stereocenters. The molecule has 1 amide bonds. The van der Waals surface area contributed by atoms with Crippen molar-refractivity contribution in [3.8, 4) is 0 Å². The summed E-state index contributed by atoms with van der Waals surface area (Å²) in [5.41, 5.74) is 0. The Morgan fingerprint density at radius 3 is 1.97 bits per heavy atom. The van der Waals surface area contributed by atoms with Gasteiger partial charge in [-0.1, -0.05) is 70.6 Å². The molecule has 1 heterocycles. The second-order valence-electron chi connectivity index (χ2n) is 10.6. The lowest BCUT2D eigenvalue weighted by Crippen LogP contribution is -2.35. The molecule has 8 heteroatoms. The monoisotopic (exact) mass is 542 g/mol. The van der Waals surface area contributed by atoms with Gasteiger partial charge in [-0.25, -0.2) is 0 Å². The Hall–Kier alpha value is -1.28. The quantitative estimate of drug-likeness (QED) is 0.122. The van der Waals surface area contributed by atoms with Crippen LogP contribution in [0.25, 0.3) is 0 Å². The number of rotatable bonds is 21. The third-order valence-corrected chi connectivity index (χ3v) is 8.39. The van der Waals surface area contributed by atoms with Gasteiger partial charge in [-0.15, -0.1) is 0 Å². The zero-order valence-electron chi connectivity index (χ0n) is 23.9. The van der Waals surface area contributed by atoms with Crippen molar-refractivity contribution in [2.75, 3.05) is 33.2 Å². The molecule has 37 heavy (non-hydrogen) atoms. The normalized spacial score (nSPS) is 15.4. The number of ether oxygens (including phenoxy) is 1. The number of carbonyl (C=O) groups excluding carboxylic acids is 2. The van der Waals surface area contributed by atoms with Crippen LogP contribution in [0.2, 0.25) is 0 Å². The number of nitrogens with zero attached hydrogens (tertiary/aromatic N) is 2. The molecule has 1 unspecified atom stereocenters. The van der Waals surface area contributed by atoms with Crippen LogP contribution in [0.4, 0.5) is 4.79 Å². The third-order valence-electron chi connectivity index (χ3n) is 7.13. The summed E-state index contributed by atoms with van der Waals surface area (Å²) < 4.78 is 5.89. The van der Waals surface area contributed by atoms with Gasteiger partial charge in [0.05, 0.1) is 0 Å². The standard InChI is InChI=1S/C29H54N2O5S/c1-4-6-8-10-12-16-25(15-11-9-7-5-2)36-28(34)18-14-22-31(21-13-17-27(32)33)29(35)37-26-19-23-30(3)24-20-26/h25-26H,4-24H2,1-3H3,(H,32,33). The number of hydrogen-bond acceptors (Lipinski definition) is 6. The Kier molecular flexibility index (Phi) is 19.7. The molecule has 0 aromatic rings. The molecule has 1 saturated heterocycles. The third kappa shape index (κ3) is 17.8. The van der Waals surface area contributed by atoms with Crippen molar-refractivity contribution < 1.29 is 24.2 Å². The van der Waals surface area contributed by atoms with Gasteiger partial charge < -0.3 is 19.6 Å². The molecule has 0 saturated carbocycles. The predicted octanol–water partition coefficient (Wildman–Crippen LogP) is 7.12. The van der Waals surface area contributed by atoms with Crippen molar-refractivity contribution in [2.45, 2.75) is 134 Å². The van der Waals surface area contributed by atoms with E-state index in [-0.39, 0.29) is 23.7 Å². The van der Waals surface area contributed by atoms with Gasteiger partial charge >= 0.3 is 11.9 Å². The van der Waals surface area contributed by atoms with E-state index in [1.54, 1.807) is 4.90 Å². The zero-order valence-corrected chi connectivity index (χ0v) is 24.7. The second-order valence-corrected chi connectivity index (χ2v) is 11.9. The van der Waals surface area contributed by atoms with Crippen LogP contribution in [0, 0.1) is 0 Å². The van der Waals surface area contributed by atoms with Gasteiger partial charge in [-0.05, 0) is 71.5 Å². The fourth-order valence-electron chi connectivity index (χ4n) is 4.73. The first-order valence-corrected chi connectivity index (χ1v) is 15.8. The molecule has 0 spiro atoms. The average Bonchev–Trinajstić information content (AvgIpc) is 2.86. The first-order valence-electron chi connectivity index (χ1n) is 14.9. The van der Waals surface area contributed by atoms with Gasteiger partial charge in [-0.2, -0.15) is 0 Å². The maximum Gasteiger partial charge on any atom is 0.306 e. The fraction of sp³-hybridized carbons (Fsp3) is 0.897. The number of unbranched alkanes of at least 4 members (excludes halogenated alkanes) is 7. The predicted molar refractivity (Wildman–Crippen MR) is 153 cm³/mol. The lowest BCUT2D eigenvalue weighted by atomic mass is 10.0. The van der Waals surface area contributed by atoms with Crippen LogP contribution >= 0.6 is 11.8 Å². The first-order chi connectivity index (χ1) is 17.8. The van der Waals surface area contributed by atoms with Crippen LogP contribution in [-0.4, -0.2) is 76.7 Å². The molecule has 0 aromatic heterocycles. The Labute approximate surface area is 230 Å². The van der Waals surface area contributed by atoms with Gasteiger partial charge in [0.15, 0.2) is 0 Å². The summed E-state index contributed by atoms with van der Waals surface area (Å²) in [6.07, 6.45) is 15.9. The van der Waals surface area contributed by atoms with Crippen LogP contribution in [0.5, 0.6) is 0 Å². The Balaban J connectivity index is 2.51. The van der Waals surface area contributed by atoms with Crippen molar-refractivity contribution in [3.05, 3.63) is 0 Å². The minimum Gasteiger partial charge on any atom is -0.481 e. The first kappa shape index (κ1) is 33.7. The number of carboxylic acids is 1. The molecule has 1 aliphatic rings. The molecular formula is C29H54N2O5S. The van der Waals surface area contributed by atoms with Gasteiger partial charge in [0.1, 0.15) is 6.10 Å². The average molecular weight is 543 g/mol. The molecular weight excluding hydrogens is 488 g/mol. The number of thioether (sulfide) groups is 1. The van der Waals surface area contributed by atoms with E-state index in [2.05, 4.69) is 25.8 Å². The van der Waals surface area contributed by atoms with Crippen molar-refractivity contribution in [3.63, 3.8) is 0 Å². The minimum absolute atomic E-state index is 0.000674. The molecule has 1 N–H and O–H groups in total. The molecule has 1 fully saturated rings. The molecule has 7 nitrogen and oxygen atoms in total. The number of piperidine rings is 1. The molecule has 0 aliphatic carbocycles. The SMILES string of the molecule is CCCCCCCC(CCCCCC)OC(=O)CCCN(CCCC(=O)O)C(=O)SC1CCN(C)CC1. The summed E-state index contributed by atoms with van der Waals surface area (Å²) in [5.74, 6) is -1.02. The Bertz CT molecular complexity index is 625. The lowest BCUT2D eigenvalue weighted by molar-refractivity contribution is -0.150. The number of amides is 1. The van der Waals surface area contributed by atoms with E-state index in [4.69, 9.17) is 9.84 Å². The van der Waals surface area contributed by atoms with E-state index in [0.717, 1.165) is 51.6 Å². The molecule has 216 valence electrons. The summed E-state index contributed by atoms with van der Waals surface area (Å²) in [6.45, 7) is 7.28. The van der Waals surface area contributed by atoms with Gasteiger partial charge in [-0.3, -0.25) is 14.4 Å². The van der Waals surface area contributed by atoms with E-state index in [9.17, 15) is 14.4 Å². The van der Waals surface area contributed by atoms with Crippen molar-refractivity contribution in [2.24, 2.45) is 0 Å². The molecule has 1 rings (SSSR count). The lowest BCUT2D eigenvalue weighted by Gasteiger charge is -2.30. The highest BCUT2D eigenvalue weighted by Gasteiger charge is 2.24. The summed E-state index contributed by atoms with van der Waals surface area (Å²) in [5, 5.41) is 9.32. The maximum absolute atomic E-state index is 13.0. The smallest absolute Gasteiger partial charge is 0.306 e. The van der Waals surface area contributed by atoms with Crippen molar-refractivity contribution in [1.82, 2.24) is 9.80 Å². The summed E-state index contributed by atoms with van der Waals surface area (Å²) in [7, 11) is 2.10. The second kappa shape index (κ2) is 21.6. The van der Waals surface area contributed by atoms with E-state index >= 15 is 0 Å². The number of carboxylic acid groups (broad SMARTS) is 1. The molecule has 0 bridgehead atoms. The van der Waals surface area contributed by atoms with Crippen LogP contribution < -0.4 is 0 Å².